The van der Waals surface area contributed by atoms with E-state index in [1.165, 1.54) is 6.20 Å². The van der Waals surface area contributed by atoms with Crippen LogP contribution in [0.4, 0.5) is 5.69 Å². The van der Waals surface area contributed by atoms with E-state index in [0.29, 0.717) is 6.42 Å². The average molecular weight is 273 g/mol. The maximum absolute atomic E-state index is 12.2. The van der Waals surface area contributed by atoms with Gasteiger partial charge < -0.3 is 10.3 Å². The summed E-state index contributed by atoms with van der Waals surface area (Å²) in [4.78, 5) is 39.1. The second-order valence-electron chi connectivity index (χ2n) is 4.35. The predicted octanol–water partition coefficient (Wildman–Crippen LogP) is 1.20. The van der Waals surface area contributed by atoms with Crippen molar-refractivity contribution >= 4 is 11.6 Å². The Labute approximate surface area is 114 Å². The topological polar surface area (TPSA) is 94.8 Å². The molecule has 2 rings (SSSR count). The van der Waals surface area contributed by atoms with E-state index >= 15 is 0 Å². The molecule has 1 aromatic heterocycles. The molecule has 1 aromatic carbocycles. The van der Waals surface area contributed by atoms with Crippen molar-refractivity contribution in [1.29, 1.82) is 0 Å². The molecule has 6 heteroatoms. The molecule has 104 valence electrons. The van der Waals surface area contributed by atoms with E-state index in [0.717, 1.165) is 5.56 Å². The van der Waals surface area contributed by atoms with E-state index in [1.54, 1.807) is 0 Å². The molecule has 0 saturated carbocycles. The van der Waals surface area contributed by atoms with E-state index in [4.69, 9.17) is 0 Å². The van der Waals surface area contributed by atoms with Gasteiger partial charge in [0, 0.05) is 6.20 Å². The first-order valence-electron chi connectivity index (χ1n) is 6.29. The molecule has 0 unspecified atom stereocenters. The van der Waals surface area contributed by atoms with Crippen LogP contribution in [0.3, 0.4) is 0 Å². The maximum Gasteiger partial charge on any atom is 0.325 e. The molecular formula is C14H15N3O3. The molecule has 0 spiro atoms. The van der Waals surface area contributed by atoms with Crippen molar-refractivity contribution in [1.82, 2.24) is 9.97 Å². The van der Waals surface area contributed by atoms with Crippen LogP contribution in [0.5, 0.6) is 0 Å². The first-order valence-corrected chi connectivity index (χ1v) is 6.29. The Hall–Kier alpha value is -2.63. The number of aromatic nitrogens is 2. The number of benzene rings is 1. The number of anilines is 1. The van der Waals surface area contributed by atoms with Gasteiger partial charge in [0.25, 0.3) is 5.56 Å². The molecule has 2 aromatic rings. The van der Waals surface area contributed by atoms with Crippen LogP contribution in [0.25, 0.3) is 0 Å². The summed E-state index contributed by atoms with van der Waals surface area (Å²) in [5.74, 6) is -0.626. The molecule has 0 fully saturated rings. The molecule has 3 N–H and O–H groups in total. The molecule has 6 nitrogen and oxygen atoms in total. The smallest absolute Gasteiger partial charge is 0.320 e. The number of nitrogens with one attached hydrogen (secondary N) is 3. The first kappa shape index (κ1) is 13.8. The highest BCUT2D eigenvalue weighted by Crippen LogP contribution is 2.20. The summed E-state index contributed by atoms with van der Waals surface area (Å²) in [7, 11) is 0. The minimum atomic E-state index is -0.620. The Morgan fingerprint density at radius 1 is 1.25 bits per heavy atom. The van der Waals surface area contributed by atoms with Crippen molar-refractivity contribution in [3.8, 4) is 0 Å². The molecule has 1 amide bonds. The number of carbonyl (C=O) groups excluding carboxylic acids is 1. The van der Waals surface area contributed by atoms with Crippen molar-refractivity contribution in [2.45, 2.75) is 19.3 Å². The number of hydrogen-bond acceptors (Lipinski definition) is 3. The van der Waals surface area contributed by atoms with Gasteiger partial charge in [-0.05, 0) is 12.0 Å². The summed E-state index contributed by atoms with van der Waals surface area (Å²) in [6, 6.07) is 9.33. The van der Waals surface area contributed by atoms with Crippen LogP contribution in [-0.4, -0.2) is 15.9 Å². The maximum atomic E-state index is 12.2. The van der Waals surface area contributed by atoms with E-state index < -0.39 is 11.2 Å². The summed E-state index contributed by atoms with van der Waals surface area (Å²) in [5, 5.41) is 2.53. The van der Waals surface area contributed by atoms with Crippen LogP contribution >= 0.6 is 0 Å². The molecule has 1 heterocycles. The van der Waals surface area contributed by atoms with Gasteiger partial charge in [0.1, 0.15) is 5.69 Å². The number of H-pyrrole nitrogens is 2. The Morgan fingerprint density at radius 3 is 2.55 bits per heavy atom. The highest BCUT2D eigenvalue weighted by atomic mass is 16.2. The Bertz CT molecular complexity index is 703. The normalized spacial score (nSPS) is 11.8. The standard InChI is InChI=1S/C14H15N3O3/c1-2-10(9-6-4-3-5-7-9)12(18)16-11-8-15-14(20)17-13(11)19/h3-8,10H,2H2,1H3,(H,16,18)(H2,15,17,19,20)/t10-/m0/s1. The van der Waals surface area contributed by atoms with Gasteiger partial charge >= 0.3 is 5.69 Å². The third-order valence-electron chi connectivity index (χ3n) is 3.00. The van der Waals surface area contributed by atoms with Crippen LogP contribution in [0.1, 0.15) is 24.8 Å². The SMILES string of the molecule is CC[C@H](C(=O)Nc1c[nH]c(=O)[nH]c1=O)c1ccccc1. The molecule has 0 saturated heterocycles. The number of amides is 1. The third-order valence-corrected chi connectivity index (χ3v) is 3.00. The zero-order valence-electron chi connectivity index (χ0n) is 11.0. The Morgan fingerprint density at radius 2 is 1.95 bits per heavy atom. The second-order valence-corrected chi connectivity index (χ2v) is 4.35. The number of rotatable bonds is 4. The zero-order chi connectivity index (χ0) is 14.5. The van der Waals surface area contributed by atoms with E-state index in [2.05, 4.69) is 15.3 Å². The van der Waals surface area contributed by atoms with Gasteiger partial charge in [0.2, 0.25) is 5.91 Å². The lowest BCUT2D eigenvalue weighted by Gasteiger charge is -2.14. The molecule has 0 aliphatic rings. The van der Waals surface area contributed by atoms with Crippen molar-refractivity contribution in [3.05, 3.63) is 62.9 Å². The van der Waals surface area contributed by atoms with Gasteiger partial charge in [-0.3, -0.25) is 14.6 Å². The van der Waals surface area contributed by atoms with Crippen LogP contribution in [-0.2, 0) is 4.79 Å². The van der Waals surface area contributed by atoms with E-state index in [1.807, 2.05) is 37.3 Å². The summed E-state index contributed by atoms with van der Waals surface area (Å²) in [6.07, 6.45) is 1.80. The molecule has 1 atom stereocenters. The summed E-state index contributed by atoms with van der Waals surface area (Å²) >= 11 is 0. The molecule has 20 heavy (non-hydrogen) atoms. The van der Waals surface area contributed by atoms with Crippen LogP contribution in [0.15, 0.2) is 46.1 Å². The quantitative estimate of drug-likeness (QED) is 0.781. The fourth-order valence-electron chi connectivity index (χ4n) is 1.98. The largest absolute Gasteiger partial charge is 0.325 e. The highest BCUT2D eigenvalue weighted by molar-refractivity contribution is 5.95. The highest BCUT2D eigenvalue weighted by Gasteiger charge is 2.19. The Kier molecular flexibility index (Phi) is 4.14. The van der Waals surface area contributed by atoms with Gasteiger partial charge in [-0.1, -0.05) is 37.3 Å². The minimum absolute atomic E-state index is 0.0315. The van der Waals surface area contributed by atoms with E-state index in [-0.39, 0.29) is 17.5 Å². The minimum Gasteiger partial charge on any atom is -0.320 e. The predicted molar refractivity (Wildman–Crippen MR) is 75.8 cm³/mol. The zero-order valence-corrected chi connectivity index (χ0v) is 11.0. The lowest BCUT2D eigenvalue weighted by molar-refractivity contribution is -0.117. The Balaban J connectivity index is 2.22. The van der Waals surface area contributed by atoms with Crippen LogP contribution < -0.4 is 16.6 Å². The van der Waals surface area contributed by atoms with Crippen LogP contribution in [0.2, 0.25) is 0 Å². The van der Waals surface area contributed by atoms with Gasteiger partial charge in [-0.15, -0.1) is 0 Å². The summed E-state index contributed by atoms with van der Waals surface area (Å²) in [6.45, 7) is 1.90. The molecule has 0 aliphatic heterocycles. The number of hydrogen-bond donors (Lipinski definition) is 3. The second kappa shape index (κ2) is 6.01. The fraction of sp³-hybridized carbons (Fsp3) is 0.214. The van der Waals surface area contributed by atoms with Gasteiger partial charge in [-0.25, -0.2) is 4.79 Å². The van der Waals surface area contributed by atoms with Crippen molar-refractivity contribution < 1.29 is 4.79 Å². The average Bonchev–Trinajstić information content (AvgIpc) is 2.44. The number of aromatic amines is 2. The van der Waals surface area contributed by atoms with E-state index in [9.17, 15) is 14.4 Å². The molecule has 0 bridgehead atoms. The lowest BCUT2D eigenvalue weighted by Crippen LogP contribution is -2.28. The first-order chi connectivity index (χ1) is 9.61. The number of carbonyl (C=O) groups is 1. The lowest BCUT2D eigenvalue weighted by atomic mass is 9.95. The molecule has 0 aliphatic carbocycles. The summed E-state index contributed by atoms with van der Waals surface area (Å²) < 4.78 is 0. The molecule has 0 radical (unpaired) electrons. The molecular weight excluding hydrogens is 258 g/mol. The van der Waals surface area contributed by atoms with Crippen LogP contribution in [0, 0.1) is 0 Å². The van der Waals surface area contributed by atoms with Crippen molar-refractivity contribution in [2.75, 3.05) is 5.32 Å². The fourth-order valence-corrected chi connectivity index (χ4v) is 1.98. The van der Waals surface area contributed by atoms with Gasteiger partial charge in [0.15, 0.2) is 0 Å². The summed E-state index contributed by atoms with van der Waals surface area (Å²) in [5.41, 5.74) is -0.314. The van der Waals surface area contributed by atoms with Gasteiger partial charge in [0.05, 0.1) is 5.92 Å². The van der Waals surface area contributed by atoms with Gasteiger partial charge in [-0.2, -0.15) is 0 Å². The van der Waals surface area contributed by atoms with Crippen molar-refractivity contribution in [2.24, 2.45) is 0 Å². The third kappa shape index (κ3) is 3.03. The monoisotopic (exact) mass is 273 g/mol. The van der Waals surface area contributed by atoms with Crippen molar-refractivity contribution in [3.63, 3.8) is 0 Å².